The van der Waals surface area contributed by atoms with Crippen LogP contribution in [-0.2, 0) is 19.4 Å². The summed E-state index contributed by atoms with van der Waals surface area (Å²) >= 11 is 0. The molecule has 1 fully saturated rings. The van der Waals surface area contributed by atoms with Crippen LogP contribution in [0.5, 0.6) is 0 Å². The number of hydrogen-bond acceptors (Lipinski definition) is 6. The van der Waals surface area contributed by atoms with E-state index in [9.17, 15) is 0 Å². The number of aryl methyl sites for hydroxylation is 2. The van der Waals surface area contributed by atoms with Gasteiger partial charge in [0.1, 0.15) is 5.82 Å². The van der Waals surface area contributed by atoms with E-state index < -0.39 is 0 Å². The molecule has 136 valence electrons. The van der Waals surface area contributed by atoms with Crippen molar-refractivity contribution in [2.75, 3.05) is 25.0 Å². The minimum atomic E-state index is 0.533. The highest BCUT2D eigenvalue weighted by Crippen LogP contribution is 2.26. The molecule has 4 heterocycles. The molecular formula is C18H24N8. The number of fused-ring (bicyclic) bond motifs is 2. The minimum Gasteiger partial charge on any atom is -0.352 e. The zero-order valence-corrected chi connectivity index (χ0v) is 15.3. The Morgan fingerprint density at radius 3 is 2.92 bits per heavy atom. The van der Waals surface area contributed by atoms with Crippen molar-refractivity contribution < 1.29 is 0 Å². The Hall–Kier alpha value is -2.48. The van der Waals surface area contributed by atoms with Gasteiger partial charge in [-0.05, 0) is 57.4 Å². The second-order valence-corrected chi connectivity index (χ2v) is 7.52. The van der Waals surface area contributed by atoms with Crippen LogP contribution >= 0.6 is 0 Å². The fourth-order valence-electron chi connectivity index (χ4n) is 4.02. The monoisotopic (exact) mass is 352 g/mol. The summed E-state index contributed by atoms with van der Waals surface area (Å²) in [5, 5.41) is 20.7. The van der Waals surface area contributed by atoms with Gasteiger partial charge in [-0.15, -0.1) is 15.3 Å². The Morgan fingerprint density at radius 1 is 1.19 bits per heavy atom. The number of aromatic nitrogens is 6. The highest BCUT2D eigenvalue weighted by molar-refractivity contribution is 5.47. The van der Waals surface area contributed by atoms with Gasteiger partial charge in [0.15, 0.2) is 11.5 Å². The fourth-order valence-corrected chi connectivity index (χ4v) is 4.02. The molecule has 1 aliphatic carbocycles. The van der Waals surface area contributed by atoms with E-state index in [0.717, 1.165) is 43.3 Å². The molecule has 3 aromatic rings. The van der Waals surface area contributed by atoms with Crippen molar-refractivity contribution in [2.24, 2.45) is 0 Å². The van der Waals surface area contributed by atoms with E-state index in [2.05, 4.69) is 42.3 Å². The van der Waals surface area contributed by atoms with Crippen LogP contribution in [0.25, 0.3) is 5.65 Å². The Bertz CT molecular complexity index is 936. The molecule has 26 heavy (non-hydrogen) atoms. The maximum Gasteiger partial charge on any atom is 0.178 e. The first-order chi connectivity index (χ1) is 12.7. The summed E-state index contributed by atoms with van der Waals surface area (Å²) in [5.74, 6) is 1.81. The molecular weight excluding hydrogens is 328 g/mol. The van der Waals surface area contributed by atoms with Crippen molar-refractivity contribution in [2.45, 2.75) is 45.2 Å². The molecule has 8 heteroatoms. The highest BCUT2D eigenvalue weighted by Gasteiger charge is 2.32. The summed E-state index contributed by atoms with van der Waals surface area (Å²) < 4.78 is 1.81. The number of nitrogens with zero attached hydrogens (tertiary/aromatic N) is 7. The Kier molecular flexibility index (Phi) is 3.66. The van der Waals surface area contributed by atoms with Gasteiger partial charge in [0.05, 0.1) is 5.69 Å². The number of likely N-dealkylation sites (N-methyl/N-ethyl adjacent to an activating group) is 1. The average molecular weight is 352 g/mol. The van der Waals surface area contributed by atoms with Gasteiger partial charge >= 0.3 is 0 Å². The third-order valence-corrected chi connectivity index (χ3v) is 5.76. The third-order valence-electron chi connectivity index (χ3n) is 5.76. The minimum absolute atomic E-state index is 0.533. The van der Waals surface area contributed by atoms with E-state index in [-0.39, 0.29) is 0 Å². The van der Waals surface area contributed by atoms with Crippen molar-refractivity contribution in [1.82, 2.24) is 34.9 Å². The summed E-state index contributed by atoms with van der Waals surface area (Å²) in [4.78, 5) is 4.73. The second-order valence-electron chi connectivity index (χ2n) is 7.52. The lowest BCUT2D eigenvalue weighted by Crippen LogP contribution is -2.58. The normalized spacial score (nSPS) is 17.7. The summed E-state index contributed by atoms with van der Waals surface area (Å²) in [6.07, 6.45) is 4.90. The Morgan fingerprint density at radius 2 is 2.04 bits per heavy atom. The summed E-state index contributed by atoms with van der Waals surface area (Å²) in [5.41, 5.74) is 4.86. The molecule has 0 unspecified atom stereocenters. The van der Waals surface area contributed by atoms with Gasteiger partial charge in [-0.25, -0.2) is 0 Å². The molecule has 0 amide bonds. The van der Waals surface area contributed by atoms with E-state index >= 15 is 0 Å². The maximum absolute atomic E-state index is 4.67. The van der Waals surface area contributed by atoms with Gasteiger partial charge in [-0.1, -0.05) is 0 Å². The first kappa shape index (κ1) is 15.7. The van der Waals surface area contributed by atoms with Crippen LogP contribution in [0.1, 0.15) is 35.6 Å². The van der Waals surface area contributed by atoms with Gasteiger partial charge in [-0.2, -0.15) is 9.61 Å². The van der Waals surface area contributed by atoms with E-state index in [4.69, 9.17) is 0 Å². The lowest BCUT2D eigenvalue weighted by atomic mass is 9.95. The zero-order valence-electron chi connectivity index (χ0n) is 15.3. The molecule has 0 radical (unpaired) electrons. The Balaban J connectivity index is 1.24. The molecule has 3 aromatic heterocycles. The zero-order chi connectivity index (χ0) is 17.7. The Labute approximate surface area is 152 Å². The van der Waals surface area contributed by atoms with Crippen molar-refractivity contribution in [3.05, 3.63) is 34.9 Å². The van der Waals surface area contributed by atoms with Gasteiger partial charge < -0.3 is 4.90 Å². The van der Waals surface area contributed by atoms with Crippen LogP contribution in [0, 0.1) is 6.92 Å². The molecule has 2 aliphatic rings. The molecule has 1 aliphatic heterocycles. The summed E-state index contributed by atoms with van der Waals surface area (Å²) in [6, 6.07) is 4.55. The SMILES string of the molecule is Cc1nnc2ccc(N3CC(N(C)Cc4n[nH]c5c4CCCC5)C3)nn12. The van der Waals surface area contributed by atoms with Crippen LogP contribution in [0.3, 0.4) is 0 Å². The average Bonchev–Trinajstić information content (AvgIpc) is 3.18. The fraction of sp³-hybridized carbons (Fsp3) is 0.556. The molecule has 0 spiro atoms. The number of hydrogen-bond donors (Lipinski definition) is 1. The molecule has 0 bridgehead atoms. The number of aromatic amines is 1. The van der Waals surface area contributed by atoms with Crippen LogP contribution in [0.15, 0.2) is 12.1 Å². The smallest absolute Gasteiger partial charge is 0.178 e. The second kappa shape index (κ2) is 6.05. The van der Waals surface area contributed by atoms with Crippen molar-refractivity contribution in [3.8, 4) is 0 Å². The van der Waals surface area contributed by atoms with E-state index in [0.29, 0.717) is 6.04 Å². The predicted octanol–water partition coefficient (Wildman–Crippen LogP) is 1.36. The highest BCUT2D eigenvalue weighted by atomic mass is 15.4. The topological polar surface area (TPSA) is 78.2 Å². The number of nitrogens with one attached hydrogen (secondary N) is 1. The number of H-pyrrole nitrogens is 1. The largest absolute Gasteiger partial charge is 0.352 e. The molecule has 1 saturated heterocycles. The molecule has 0 aromatic carbocycles. The maximum atomic E-state index is 4.67. The van der Waals surface area contributed by atoms with Crippen LogP contribution < -0.4 is 4.90 Å². The van der Waals surface area contributed by atoms with Gasteiger partial charge in [0.2, 0.25) is 0 Å². The number of rotatable bonds is 4. The van der Waals surface area contributed by atoms with Crippen molar-refractivity contribution >= 4 is 11.5 Å². The standard InChI is InChI=1S/C18H24N8/c1-12-19-22-17-7-8-18(23-26(12)17)25-9-13(10-25)24(2)11-16-14-5-3-4-6-15(14)20-21-16/h7-8,13H,3-6,9-11H2,1-2H3,(H,20,21). The number of anilines is 1. The van der Waals surface area contributed by atoms with Gasteiger partial charge in [-0.3, -0.25) is 10.00 Å². The third kappa shape index (κ3) is 2.56. The van der Waals surface area contributed by atoms with E-state index in [1.807, 2.05) is 23.6 Å². The van der Waals surface area contributed by atoms with Crippen LogP contribution in [0.2, 0.25) is 0 Å². The van der Waals surface area contributed by atoms with Crippen molar-refractivity contribution in [3.63, 3.8) is 0 Å². The van der Waals surface area contributed by atoms with Crippen molar-refractivity contribution in [1.29, 1.82) is 0 Å². The van der Waals surface area contributed by atoms with Gasteiger partial charge in [0, 0.05) is 31.4 Å². The lowest BCUT2D eigenvalue weighted by Gasteiger charge is -2.44. The summed E-state index contributed by atoms with van der Waals surface area (Å²) in [7, 11) is 2.20. The van der Waals surface area contributed by atoms with Gasteiger partial charge in [0.25, 0.3) is 0 Å². The molecule has 0 saturated carbocycles. The molecule has 1 N–H and O–H groups in total. The molecule has 8 nitrogen and oxygen atoms in total. The first-order valence-electron chi connectivity index (χ1n) is 9.38. The first-order valence-corrected chi connectivity index (χ1v) is 9.38. The quantitative estimate of drug-likeness (QED) is 0.764. The predicted molar refractivity (Wildman–Crippen MR) is 98.2 cm³/mol. The molecule has 5 rings (SSSR count). The van der Waals surface area contributed by atoms with Crippen LogP contribution in [0.4, 0.5) is 5.82 Å². The molecule has 0 atom stereocenters. The van der Waals surface area contributed by atoms with E-state index in [1.54, 1.807) is 0 Å². The lowest BCUT2D eigenvalue weighted by molar-refractivity contribution is 0.194. The van der Waals surface area contributed by atoms with Crippen LogP contribution in [-0.4, -0.2) is 61.1 Å². The summed E-state index contributed by atoms with van der Waals surface area (Å²) in [6.45, 7) is 4.82. The van der Waals surface area contributed by atoms with E-state index in [1.165, 1.54) is 36.2 Å².